The molecule has 3 rings (SSSR count). The Labute approximate surface area is 126 Å². The zero-order chi connectivity index (χ0) is 15.0. The van der Waals surface area contributed by atoms with Gasteiger partial charge in [-0.1, -0.05) is 32.0 Å². The number of nitrogens with zero attached hydrogens (tertiary/aromatic N) is 1. The largest absolute Gasteiger partial charge is 0.376 e. The average molecular weight is 288 g/mol. The van der Waals surface area contributed by atoms with E-state index in [1.165, 1.54) is 11.1 Å². The maximum atomic E-state index is 12.1. The van der Waals surface area contributed by atoms with Gasteiger partial charge in [0, 0.05) is 25.6 Å². The number of rotatable bonds is 3. The highest BCUT2D eigenvalue weighted by Crippen LogP contribution is 2.30. The first-order chi connectivity index (χ1) is 10.1. The quantitative estimate of drug-likeness (QED) is 0.929. The van der Waals surface area contributed by atoms with Gasteiger partial charge in [-0.2, -0.15) is 0 Å². The van der Waals surface area contributed by atoms with E-state index in [0.29, 0.717) is 6.54 Å². The summed E-state index contributed by atoms with van der Waals surface area (Å²) in [5.41, 5.74) is 9.93. The van der Waals surface area contributed by atoms with Crippen LogP contribution in [-0.4, -0.2) is 23.5 Å². The minimum atomic E-state index is -0.0624. The van der Waals surface area contributed by atoms with Crippen LogP contribution in [0.2, 0.25) is 0 Å². The lowest BCUT2D eigenvalue weighted by Gasteiger charge is -2.19. The highest BCUT2D eigenvalue weighted by molar-refractivity contribution is 5.78. The van der Waals surface area contributed by atoms with Crippen LogP contribution < -0.4 is 5.73 Å². The number of carbonyl (C=O) groups excluding carboxylic acids is 1. The van der Waals surface area contributed by atoms with Crippen molar-refractivity contribution < 1.29 is 9.53 Å². The maximum Gasteiger partial charge on any atom is 0.225 e. The topological polar surface area (TPSA) is 55.6 Å². The van der Waals surface area contributed by atoms with Gasteiger partial charge in [-0.15, -0.1) is 0 Å². The van der Waals surface area contributed by atoms with Crippen LogP contribution in [0.4, 0.5) is 0 Å². The molecule has 1 fully saturated rings. The second-order valence-electron chi connectivity index (χ2n) is 6.45. The monoisotopic (exact) mass is 288 g/mol. The summed E-state index contributed by atoms with van der Waals surface area (Å²) in [4.78, 5) is 14.1. The van der Waals surface area contributed by atoms with E-state index in [9.17, 15) is 4.79 Å². The Hall–Kier alpha value is -1.39. The SMILES string of the molecule is CC(C)C(=O)N1Cc2ccc(C(N)C3CCCO3)cc2C1. The van der Waals surface area contributed by atoms with E-state index in [0.717, 1.165) is 31.6 Å². The summed E-state index contributed by atoms with van der Waals surface area (Å²) < 4.78 is 5.69. The van der Waals surface area contributed by atoms with Crippen molar-refractivity contribution in [2.24, 2.45) is 11.7 Å². The molecule has 0 spiro atoms. The zero-order valence-electron chi connectivity index (χ0n) is 12.8. The molecule has 2 aliphatic rings. The smallest absolute Gasteiger partial charge is 0.225 e. The third-order valence-electron chi connectivity index (χ3n) is 4.51. The van der Waals surface area contributed by atoms with E-state index in [2.05, 4.69) is 18.2 Å². The van der Waals surface area contributed by atoms with E-state index in [1.54, 1.807) is 0 Å². The van der Waals surface area contributed by atoms with Gasteiger partial charge in [0.15, 0.2) is 0 Å². The molecule has 2 heterocycles. The first kappa shape index (κ1) is 14.5. The second kappa shape index (κ2) is 5.78. The summed E-state index contributed by atoms with van der Waals surface area (Å²) in [6.07, 6.45) is 2.27. The Bertz CT molecular complexity index is 536. The van der Waals surface area contributed by atoms with Crippen molar-refractivity contribution in [1.82, 2.24) is 4.90 Å². The third kappa shape index (κ3) is 2.83. The van der Waals surface area contributed by atoms with Crippen LogP contribution >= 0.6 is 0 Å². The molecule has 4 nitrogen and oxygen atoms in total. The molecule has 0 aliphatic carbocycles. The minimum absolute atomic E-state index is 0.0490. The van der Waals surface area contributed by atoms with Crippen molar-refractivity contribution in [2.45, 2.75) is 51.9 Å². The van der Waals surface area contributed by atoms with Crippen LogP contribution in [0.15, 0.2) is 18.2 Å². The maximum absolute atomic E-state index is 12.1. The number of nitrogens with two attached hydrogens (primary N) is 1. The molecule has 1 saturated heterocycles. The molecule has 1 aromatic carbocycles. The molecule has 0 bridgehead atoms. The summed E-state index contributed by atoms with van der Waals surface area (Å²) in [6, 6.07) is 6.31. The fourth-order valence-electron chi connectivity index (χ4n) is 3.24. The van der Waals surface area contributed by atoms with Gasteiger partial charge >= 0.3 is 0 Å². The number of hydrogen-bond acceptors (Lipinski definition) is 3. The highest BCUT2D eigenvalue weighted by atomic mass is 16.5. The standard InChI is InChI=1S/C17H24N2O2/c1-11(2)17(20)19-9-13-6-5-12(8-14(13)10-19)16(18)15-4-3-7-21-15/h5-6,8,11,15-16H,3-4,7,9-10,18H2,1-2H3. The molecule has 2 N–H and O–H groups in total. The van der Waals surface area contributed by atoms with Crippen molar-refractivity contribution in [3.8, 4) is 0 Å². The Morgan fingerprint density at radius 3 is 2.76 bits per heavy atom. The lowest BCUT2D eigenvalue weighted by atomic mass is 9.97. The van der Waals surface area contributed by atoms with Crippen LogP contribution in [0.3, 0.4) is 0 Å². The number of fused-ring (bicyclic) bond motifs is 1. The fourth-order valence-corrected chi connectivity index (χ4v) is 3.24. The van der Waals surface area contributed by atoms with Crippen molar-refractivity contribution >= 4 is 5.91 Å². The molecule has 1 aromatic rings. The molecule has 0 radical (unpaired) electrons. The van der Waals surface area contributed by atoms with Crippen LogP contribution in [0.1, 0.15) is 49.4 Å². The molecule has 2 unspecified atom stereocenters. The average Bonchev–Trinajstić information content (AvgIpc) is 3.13. The predicted octanol–water partition coefficient (Wildman–Crippen LogP) is 2.36. The molecular formula is C17H24N2O2. The van der Waals surface area contributed by atoms with Gasteiger partial charge in [-0.05, 0) is 29.5 Å². The summed E-state index contributed by atoms with van der Waals surface area (Å²) >= 11 is 0. The van der Waals surface area contributed by atoms with Gasteiger partial charge < -0.3 is 15.4 Å². The first-order valence-corrected chi connectivity index (χ1v) is 7.84. The van der Waals surface area contributed by atoms with E-state index < -0.39 is 0 Å². The molecule has 2 atom stereocenters. The third-order valence-corrected chi connectivity index (χ3v) is 4.51. The summed E-state index contributed by atoms with van der Waals surface area (Å²) in [5.74, 6) is 0.268. The van der Waals surface area contributed by atoms with E-state index in [4.69, 9.17) is 10.5 Å². The van der Waals surface area contributed by atoms with Crippen LogP contribution in [0.25, 0.3) is 0 Å². The molecule has 114 valence electrons. The van der Waals surface area contributed by atoms with E-state index >= 15 is 0 Å². The van der Waals surface area contributed by atoms with Gasteiger partial charge in [-0.25, -0.2) is 0 Å². The lowest BCUT2D eigenvalue weighted by molar-refractivity contribution is -0.135. The van der Waals surface area contributed by atoms with Crippen LogP contribution in [0.5, 0.6) is 0 Å². The Morgan fingerprint density at radius 2 is 2.10 bits per heavy atom. The minimum Gasteiger partial charge on any atom is -0.376 e. The number of amides is 1. The van der Waals surface area contributed by atoms with Crippen molar-refractivity contribution in [1.29, 1.82) is 0 Å². The second-order valence-corrected chi connectivity index (χ2v) is 6.45. The van der Waals surface area contributed by atoms with Gasteiger partial charge in [0.1, 0.15) is 0 Å². The van der Waals surface area contributed by atoms with E-state index in [1.807, 2.05) is 18.7 Å². The number of benzene rings is 1. The Balaban J connectivity index is 1.75. The van der Waals surface area contributed by atoms with E-state index in [-0.39, 0.29) is 24.0 Å². The van der Waals surface area contributed by atoms with Gasteiger partial charge in [0.25, 0.3) is 0 Å². The van der Waals surface area contributed by atoms with Crippen LogP contribution in [-0.2, 0) is 22.6 Å². The van der Waals surface area contributed by atoms with Crippen molar-refractivity contribution in [3.63, 3.8) is 0 Å². The van der Waals surface area contributed by atoms with Gasteiger partial charge in [0.2, 0.25) is 5.91 Å². The van der Waals surface area contributed by atoms with Crippen molar-refractivity contribution in [2.75, 3.05) is 6.61 Å². The number of carbonyl (C=O) groups is 1. The predicted molar refractivity (Wildman–Crippen MR) is 81.4 cm³/mol. The molecule has 1 amide bonds. The Kier molecular flexibility index (Phi) is 4.00. The normalized spacial score (nSPS) is 22.7. The first-order valence-electron chi connectivity index (χ1n) is 7.84. The highest BCUT2D eigenvalue weighted by Gasteiger charge is 2.28. The number of hydrogen-bond donors (Lipinski definition) is 1. The molecule has 0 saturated carbocycles. The van der Waals surface area contributed by atoms with Crippen molar-refractivity contribution in [3.05, 3.63) is 34.9 Å². The molecular weight excluding hydrogens is 264 g/mol. The molecule has 4 heteroatoms. The summed E-state index contributed by atoms with van der Waals surface area (Å²) in [7, 11) is 0. The molecule has 0 aromatic heterocycles. The van der Waals surface area contributed by atoms with Gasteiger partial charge in [-0.3, -0.25) is 4.79 Å². The zero-order valence-corrected chi connectivity index (χ0v) is 12.8. The number of ether oxygens (including phenoxy) is 1. The van der Waals surface area contributed by atoms with Crippen LogP contribution in [0, 0.1) is 5.92 Å². The fraction of sp³-hybridized carbons (Fsp3) is 0.588. The molecule has 21 heavy (non-hydrogen) atoms. The summed E-state index contributed by atoms with van der Waals surface area (Å²) in [5, 5.41) is 0. The Morgan fingerprint density at radius 1 is 1.33 bits per heavy atom. The van der Waals surface area contributed by atoms with Gasteiger partial charge in [0.05, 0.1) is 12.1 Å². The summed E-state index contributed by atoms with van der Waals surface area (Å²) in [6.45, 7) is 6.15. The lowest BCUT2D eigenvalue weighted by Crippen LogP contribution is -2.29. The molecule has 2 aliphatic heterocycles.